The summed E-state index contributed by atoms with van der Waals surface area (Å²) in [6.45, 7) is 1.25. The van der Waals surface area contributed by atoms with Gasteiger partial charge in [0, 0.05) is 5.56 Å². The van der Waals surface area contributed by atoms with E-state index < -0.39 is 23.9 Å². The van der Waals surface area contributed by atoms with Gasteiger partial charge in [-0.25, -0.2) is 4.79 Å². The molecule has 0 fully saturated rings. The van der Waals surface area contributed by atoms with E-state index >= 15 is 0 Å². The number of hydrogen-bond donors (Lipinski definition) is 0. The minimum absolute atomic E-state index is 0.0826. The summed E-state index contributed by atoms with van der Waals surface area (Å²) < 4.78 is 42.9. The standard InChI is InChI=1S/C12H12F3NO2/c1-8(11(17)18-2)16-10(12(13,14)15)9-6-4-3-5-7-9/h3-8H,1-2H3/t8-/m0/s1. The molecule has 0 N–H and O–H groups in total. The zero-order chi connectivity index (χ0) is 13.8. The zero-order valence-corrected chi connectivity index (χ0v) is 9.86. The van der Waals surface area contributed by atoms with Gasteiger partial charge in [-0.3, -0.25) is 4.99 Å². The van der Waals surface area contributed by atoms with Crippen LogP contribution in [0.15, 0.2) is 35.3 Å². The maximum Gasteiger partial charge on any atom is 0.433 e. The lowest BCUT2D eigenvalue weighted by atomic mass is 10.1. The Balaban J connectivity index is 3.16. The van der Waals surface area contributed by atoms with Gasteiger partial charge in [0.25, 0.3) is 0 Å². The number of rotatable bonds is 3. The van der Waals surface area contributed by atoms with Crippen LogP contribution in [0.1, 0.15) is 12.5 Å². The highest BCUT2D eigenvalue weighted by atomic mass is 19.4. The minimum atomic E-state index is -4.62. The van der Waals surface area contributed by atoms with Gasteiger partial charge in [-0.2, -0.15) is 13.2 Å². The Labute approximate surface area is 102 Å². The third kappa shape index (κ3) is 3.58. The van der Waals surface area contributed by atoms with E-state index in [2.05, 4.69) is 9.73 Å². The van der Waals surface area contributed by atoms with Gasteiger partial charge in [0.05, 0.1) is 7.11 Å². The topological polar surface area (TPSA) is 38.7 Å². The summed E-state index contributed by atoms with van der Waals surface area (Å²) in [5.41, 5.74) is -1.17. The van der Waals surface area contributed by atoms with Gasteiger partial charge in [0.2, 0.25) is 0 Å². The van der Waals surface area contributed by atoms with Crippen molar-refractivity contribution in [3.8, 4) is 0 Å². The van der Waals surface area contributed by atoms with Crippen LogP contribution in [-0.4, -0.2) is 31.0 Å². The summed E-state index contributed by atoms with van der Waals surface area (Å²) in [5, 5.41) is 0. The first-order valence-corrected chi connectivity index (χ1v) is 5.14. The van der Waals surface area contributed by atoms with E-state index in [1.165, 1.54) is 31.2 Å². The van der Waals surface area contributed by atoms with Crippen LogP contribution < -0.4 is 0 Å². The molecule has 0 unspecified atom stereocenters. The molecule has 6 heteroatoms. The normalized spacial score (nSPS) is 14.2. The number of methoxy groups -OCH3 is 1. The van der Waals surface area contributed by atoms with Crippen molar-refractivity contribution in [2.24, 2.45) is 4.99 Å². The van der Waals surface area contributed by atoms with Crippen LogP contribution in [0.3, 0.4) is 0 Å². The van der Waals surface area contributed by atoms with E-state index in [-0.39, 0.29) is 5.56 Å². The SMILES string of the molecule is COC(=O)[C@H](C)N=C(c1ccccc1)C(F)(F)F. The first-order chi connectivity index (χ1) is 8.36. The van der Waals surface area contributed by atoms with Crippen molar-refractivity contribution in [3.63, 3.8) is 0 Å². The van der Waals surface area contributed by atoms with Gasteiger partial charge in [0.15, 0.2) is 0 Å². The third-order valence-electron chi connectivity index (χ3n) is 2.18. The van der Waals surface area contributed by atoms with E-state index in [1.807, 2.05) is 0 Å². The number of nitrogens with zero attached hydrogens (tertiary/aromatic N) is 1. The Morgan fingerprint density at radius 1 is 1.28 bits per heavy atom. The van der Waals surface area contributed by atoms with Crippen LogP contribution in [0, 0.1) is 0 Å². The summed E-state index contributed by atoms with van der Waals surface area (Å²) in [6, 6.07) is 5.92. The average Bonchev–Trinajstić information content (AvgIpc) is 2.34. The predicted molar refractivity (Wildman–Crippen MR) is 60.5 cm³/mol. The molecule has 0 amide bonds. The molecule has 0 aliphatic carbocycles. The van der Waals surface area contributed by atoms with E-state index in [4.69, 9.17) is 0 Å². The van der Waals surface area contributed by atoms with Gasteiger partial charge in [-0.15, -0.1) is 0 Å². The highest BCUT2D eigenvalue weighted by Gasteiger charge is 2.37. The Hall–Kier alpha value is -1.85. The Bertz CT molecular complexity index is 440. The fourth-order valence-corrected chi connectivity index (χ4v) is 1.32. The van der Waals surface area contributed by atoms with Gasteiger partial charge in [0.1, 0.15) is 11.8 Å². The smallest absolute Gasteiger partial charge is 0.433 e. The molecule has 0 aromatic heterocycles. The Morgan fingerprint density at radius 2 is 1.83 bits per heavy atom. The van der Waals surface area contributed by atoms with Crippen molar-refractivity contribution in [1.29, 1.82) is 0 Å². The molecule has 3 nitrogen and oxygen atoms in total. The molecule has 0 saturated heterocycles. The summed E-state index contributed by atoms with van der Waals surface area (Å²) >= 11 is 0. The summed E-state index contributed by atoms with van der Waals surface area (Å²) in [6.07, 6.45) is -4.62. The predicted octanol–water partition coefficient (Wildman–Crippen LogP) is 2.60. The Morgan fingerprint density at radius 3 is 2.28 bits per heavy atom. The molecule has 18 heavy (non-hydrogen) atoms. The molecule has 1 rings (SSSR count). The number of ether oxygens (including phenoxy) is 1. The highest BCUT2D eigenvalue weighted by Crippen LogP contribution is 2.23. The fourth-order valence-electron chi connectivity index (χ4n) is 1.32. The maximum atomic E-state index is 12.9. The molecule has 0 aliphatic rings. The van der Waals surface area contributed by atoms with Crippen molar-refractivity contribution in [3.05, 3.63) is 35.9 Å². The quantitative estimate of drug-likeness (QED) is 0.618. The van der Waals surface area contributed by atoms with E-state index in [1.54, 1.807) is 6.07 Å². The molecular formula is C12H12F3NO2. The van der Waals surface area contributed by atoms with Gasteiger partial charge in [-0.1, -0.05) is 30.3 Å². The highest BCUT2D eigenvalue weighted by molar-refractivity contribution is 6.05. The van der Waals surface area contributed by atoms with Gasteiger partial charge >= 0.3 is 12.1 Å². The van der Waals surface area contributed by atoms with Crippen molar-refractivity contribution >= 4 is 11.7 Å². The average molecular weight is 259 g/mol. The number of carbonyl (C=O) groups is 1. The summed E-state index contributed by atoms with van der Waals surface area (Å²) in [7, 11) is 1.10. The number of hydrogen-bond acceptors (Lipinski definition) is 3. The molecule has 1 atom stereocenters. The molecule has 1 aromatic carbocycles. The van der Waals surface area contributed by atoms with E-state index in [9.17, 15) is 18.0 Å². The number of aliphatic imine (C=N–C) groups is 1. The molecule has 0 spiro atoms. The van der Waals surface area contributed by atoms with Crippen LogP contribution in [0.5, 0.6) is 0 Å². The van der Waals surface area contributed by atoms with Crippen LogP contribution in [-0.2, 0) is 9.53 Å². The number of alkyl halides is 3. The largest absolute Gasteiger partial charge is 0.467 e. The summed E-state index contributed by atoms with van der Waals surface area (Å²) in [4.78, 5) is 14.5. The van der Waals surface area contributed by atoms with Crippen LogP contribution in [0.2, 0.25) is 0 Å². The van der Waals surface area contributed by atoms with Crippen LogP contribution in [0.25, 0.3) is 0 Å². The first-order valence-electron chi connectivity index (χ1n) is 5.14. The maximum absolute atomic E-state index is 12.9. The second kappa shape index (κ2) is 5.66. The molecular weight excluding hydrogens is 247 g/mol. The molecule has 0 heterocycles. The monoisotopic (exact) mass is 259 g/mol. The lowest BCUT2D eigenvalue weighted by molar-refractivity contribution is -0.141. The van der Waals surface area contributed by atoms with Crippen LogP contribution in [0.4, 0.5) is 13.2 Å². The second-order valence-electron chi connectivity index (χ2n) is 3.54. The molecule has 1 aromatic rings. The van der Waals surface area contributed by atoms with Gasteiger partial charge in [-0.05, 0) is 6.92 Å². The molecule has 0 saturated carbocycles. The van der Waals surface area contributed by atoms with Crippen molar-refractivity contribution in [1.82, 2.24) is 0 Å². The molecule has 0 radical (unpaired) electrons. The number of carbonyl (C=O) groups excluding carboxylic acids is 1. The van der Waals surface area contributed by atoms with E-state index in [0.29, 0.717) is 0 Å². The number of halogens is 3. The first kappa shape index (κ1) is 14.2. The zero-order valence-electron chi connectivity index (χ0n) is 9.86. The number of esters is 1. The van der Waals surface area contributed by atoms with Gasteiger partial charge < -0.3 is 4.74 Å². The lowest BCUT2D eigenvalue weighted by Crippen LogP contribution is -2.28. The van der Waals surface area contributed by atoms with Crippen molar-refractivity contribution < 1.29 is 22.7 Å². The molecule has 0 aliphatic heterocycles. The minimum Gasteiger partial charge on any atom is -0.467 e. The van der Waals surface area contributed by atoms with Crippen molar-refractivity contribution in [2.75, 3.05) is 7.11 Å². The molecule has 0 bridgehead atoms. The van der Waals surface area contributed by atoms with Crippen LogP contribution >= 0.6 is 0 Å². The fraction of sp³-hybridized carbons (Fsp3) is 0.333. The third-order valence-corrected chi connectivity index (χ3v) is 2.18. The Kier molecular flexibility index (Phi) is 4.47. The second-order valence-corrected chi connectivity index (χ2v) is 3.54. The lowest BCUT2D eigenvalue weighted by Gasteiger charge is -2.13. The molecule has 98 valence electrons. The summed E-state index contributed by atoms with van der Waals surface area (Å²) in [5.74, 6) is -0.812. The number of benzene rings is 1. The van der Waals surface area contributed by atoms with Crippen molar-refractivity contribution in [2.45, 2.75) is 19.1 Å². The van der Waals surface area contributed by atoms with E-state index in [0.717, 1.165) is 7.11 Å².